The van der Waals surface area contributed by atoms with Crippen molar-refractivity contribution in [2.24, 2.45) is 16.2 Å². The molecule has 0 bridgehead atoms. The van der Waals surface area contributed by atoms with Gasteiger partial charge in [-0.3, -0.25) is 0 Å². The van der Waals surface area contributed by atoms with Gasteiger partial charge in [0.05, 0.1) is 0 Å². The molecule has 0 saturated carbocycles. The predicted molar refractivity (Wildman–Crippen MR) is 143 cm³/mol. The van der Waals surface area contributed by atoms with E-state index in [4.69, 9.17) is 0 Å². The fourth-order valence-electron chi connectivity index (χ4n) is 3.38. The smallest absolute Gasteiger partial charge is 0.550 e. The number of carbonyl (C=O) groups is 3. The molecule has 37 heavy (non-hydrogen) atoms. The Labute approximate surface area is 261 Å². The minimum absolute atomic E-state index is 0. The Morgan fingerprint density at radius 1 is 0.486 bits per heavy atom. The maximum atomic E-state index is 10.7. The number of hydrogen-bond acceptors (Lipinski definition) is 6. The van der Waals surface area contributed by atoms with Gasteiger partial charge in [-0.2, -0.15) is 0 Å². The Hall–Kier alpha value is -0.239. The molecule has 7 heteroatoms. The molecule has 1 unspecified atom stereocenters. The molecule has 0 aliphatic heterocycles. The van der Waals surface area contributed by atoms with Crippen LogP contribution in [0.2, 0.25) is 0 Å². The van der Waals surface area contributed by atoms with Crippen LogP contribution in [0, 0.1) is 57.1 Å². The minimum atomic E-state index is -0.931. The summed E-state index contributed by atoms with van der Waals surface area (Å²) in [6.45, 7) is 17.0. The molecule has 0 aliphatic carbocycles. The monoisotopic (exact) mass is 655 g/mol. The molecule has 6 nitrogen and oxygen atoms in total. The van der Waals surface area contributed by atoms with Gasteiger partial charge in [0, 0.05) is 34.2 Å². The predicted octanol–water partition coefficient (Wildman–Crippen LogP) is 5.20. The zero-order valence-electron chi connectivity index (χ0n) is 25.6. The normalized spacial score (nSPS) is 12.6. The number of unbranched alkanes of at least 4 members (excludes halogenated alkanes) is 8. The summed E-state index contributed by atoms with van der Waals surface area (Å²) in [6, 6.07) is 0. The van der Waals surface area contributed by atoms with E-state index in [9.17, 15) is 29.7 Å². The third-order valence-corrected chi connectivity index (χ3v) is 7.02. The Kier molecular flexibility index (Phi) is 29.3. The van der Waals surface area contributed by atoms with Crippen molar-refractivity contribution in [1.29, 1.82) is 0 Å². The second kappa shape index (κ2) is 24.8. The zero-order chi connectivity index (χ0) is 28.8. The van der Waals surface area contributed by atoms with E-state index >= 15 is 0 Å². The molecule has 1 atom stereocenters. The van der Waals surface area contributed by atoms with E-state index < -0.39 is 34.2 Å². The van der Waals surface area contributed by atoms with E-state index in [1.807, 2.05) is 6.92 Å². The number of carboxylic acid groups (broad SMARTS) is 3. The third kappa shape index (κ3) is 24.5. The van der Waals surface area contributed by atoms with Crippen molar-refractivity contribution >= 4 is 17.9 Å². The van der Waals surface area contributed by atoms with E-state index in [-0.39, 0.29) is 40.8 Å². The van der Waals surface area contributed by atoms with Crippen LogP contribution in [0.25, 0.3) is 0 Å². The molecule has 1 radical (unpaired) electrons. The SMILES string of the molecule is CCCCCC(C)(CC)C(=O)[O-].CCCCCCC(C)(C)C(=O)[O-].CCCCCCC(C)(C)C(=O)[O-].[Nd+3]. The van der Waals surface area contributed by atoms with Gasteiger partial charge in [0.2, 0.25) is 0 Å². The van der Waals surface area contributed by atoms with Gasteiger partial charge in [0.15, 0.2) is 0 Å². The van der Waals surface area contributed by atoms with Gasteiger partial charge in [0.25, 0.3) is 0 Å². The molecule has 0 rings (SSSR count). The van der Waals surface area contributed by atoms with E-state index in [0.717, 1.165) is 64.2 Å². The van der Waals surface area contributed by atoms with Gasteiger partial charge < -0.3 is 29.7 Å². The van der Waals surface area contributed by atoms with Crippen molar-refractivity contribution in [3.63, 3.8) is 0 Å². The number of hydrogen-bond donors (Lipinski definition) is 0. The molecule has 0 heterocycles. The van der Waals surface area contributed by atoms with E-state index in [1.165, 1.54) is 25.7 Å². The summed E-state index contributed by atoms with van der Waals surface area (Å²) in [5.74, 6) is -2.76. The summed E-state index contributed by atoms with van der Waals surface area (Å²) in [5.41, 5.74) is -1.89. The van der Waals surface area contributed by atoms with Crippen molar-refractivity contribution in [2.45, 2.75) is 159 Å². The number of carboxylic acids is 3. The van der Waals surface area contributed by atoms with Gasteiger partial charge in [-0.05, 0) is 25.7 Å². The third-order valence-electron chi connectivity index (χ3n) is 7.02. The minimum Gasteiger partial charge on any atom is -0.550 e. The Morgan fingerprint density at radius 3 is 1.03 bits per heavy atom. The standard InChI is InChI=1S/3C10H20O2.Nd/c2*1-4-5-6-7-8-10(2,3)9(11)12;1-4-6-7-8-10(3,5-2)9(11)12;/h3*4-8H2,1-3H3,(H,11,12);/q;;;+3/p-3. The van der Waals surface area contributed by atoms with Crippen LogP contribution in [0.4, 0.5) is 0 Å². The molecule has 0 spiro atoms. The fourth-order valence-corrected chi connectivity index (χ4v) is 3.38. The topological polar surface area (TPSA) is 120 Å². The van der Waals surface area contributed by atoms with Crippen LogP contribution in [0.3, 0.4) is 0 Å². The second-order valence-corrected chi connectivity index (χ2v) is 11.6. The van der Waals surface area contributed by atoms with Gasteiger partial charge in [0.1, 0.15) is 0 Å². The summed E-state index contributed by atoms with van der Waals surface area (Å²) >= 11 is 0. The Bertz CT molecular complexity index is 555. The second-order valence-electron chi connectivity index (χ2n) is 11.6. The molecule has 0 aromatic heterocycles. The quantitative estimate of drug-likeness (QED) is 0.187. The maximum Gasteiger partial charge on any atom is 3.00 e. The molecule has 0 N–H and O–H groups in total. The molecule has 0 aliphatic rings. The maximum absolute atomic E-state index is 10.7. The van der Waals surface area contributed by atoms with Crippen molar-refractivity contribution in [1.82, 2.24) is 0 Å². The van der Waals surface area contributed by atoms with Crippen LogP contribution in [-0.2, 0) is 14.4 Å². The van der Waals surface area contributed by atoms with E-state index in [1.54, 1.807) is 34.6 Å². The molecular weight excluding hydrogens is 601 g/mol. The number of rotatable bonds is 18. The molecular formula is C30H57NdO6. The van der Waals surface area contributed by atoms with Crippen LogP contribution in [0.5, 0.6) is 0 Å². The summed E-state index contributed by atoms with van der Waals surface area (Å²) in [7, 11) is 0. The van der Waals surface area contributed by atoms with Crippen molar-refractivity contribution in [3.05, 3.63) is 0 Å². The first-order chi connectivity index (χ1) is 16.6. The van der Waals surface area contributed by atoms with Crippen LogP contribution in [0.15, 0.2) is 0 Å². The average Bonchev–Trinajstić information content (AvgIpc) is 2.80. The van der Waals surface area contributed by atoms with Gasteiger partial charge in [-0.25, -0.2) is 0 Å². The summed E-state index contributed by atoms with van der Waals surface area (Å²) in [6.07, 6.45) is 15.1. The largest absolute Gasteiger partial charge is 3.00 e. The fraction of sp³-hybridized carbons (Fsp3) is 0.900. The molecule has 217 valence electrons. The van der Waals surface area contributed by atoms with Crippen LogP contribution < -0.4 is 15.3 Å². The average molecular weight is 658 g/mol. The summed E-state index contributed by atoms with van der Waals surface area (Å²) in [5, 5.41) is 31.9. The summed E-state index contributed by atoms with van der Waals surface area (Å²) < 4.78 is 0. The van der Waals surface area contributed by atoms with Crippen LogP contribution >= 0.6 is 0 Å². The van der Waals surface area contributed by atoms with Gasteiger partial charge >= 0.3 is 40.8 Å². The van der Waals surface area contributed by atoms with E-state index in [0.29, 0.717) is 6.42 Å². The van der Waals surface area contributed by atoms with Gasteiger partial charge in [-0.15, -0.1) is 0 Å². The first kappa shape index (κ1) is 43.8. The van der Waals surface area contributed by atoms with Crippen molar-refractivity contribution in [2.75, 3.05) is 0 Å². The number of carbonyl (C=O) groups excluding carboxylic acids is 3. The molecule has 0 aromatic carbocycles. The van der Waals surface area contributed by atoms with Crippen molar-refractivity contribution in [3.8, 4) is 0 Å². The van der Waals surface area contributed by atoms with Gasteiger partial charge in [-0.1, -0.05) is 133 Å². The molecule has 0 fully saturated rings. The van der Waals surface area contributed by atoms with Crippen molar-refractivity contribution < 1.29 is 70.5 Å². The number of aliphatic carboxylic acids is 3. The first-order valence-corrected chi connectivity index (χ1v) is 14.2. The van der Waals surface area contributed by atoms with Crippen LogP contribution in [-0.4, -0.2) is 17.9 Å². The van der Waals surface area contributed by atoms with Crippen LogP contribution in [0.1, 0.15) is 159 Å². The summed E-state index contributed by atoms with van der Waals surface area (Å²) in [4.78, 5) is 31.9. The Balaban J connectivity index is -0.000000218. The first-order valence-electron chi connectivity index (χ1n) is 14.2. The zero-order valence-corrected chi connectivity index (χ0v) is 28.8. The molecule has 0 amide bonds. The molecule has 0 aromatic rings. The Morgan fingerprint density at radius 2 is 0.784 bits per heavy atom. The molecule has 0 saturated heterocycles. The van der Waals surface area contributed by atoms with E-state index in [2.05, 4.69) is 20.8 Å².